The predicted octanol–water partition coefficient (Wildman–Crippen LogP) is 3.86. The Labute approximate surface area is 118 Å². The van der Waals surface area contributed by atoms with Crippen LogP contribution in [0.25, 0.3) is 11.3 Å². The Morgan fingerprint density at radius 1 is 0.900 bits per heavy atom. The largest absolute Gasteiger partial charge is 0.237 e. The molecule has 3 nitrogen and oxygen atoms in total. The van der Waals surface area contributed by atoms with Crippen molar-refractivity contribution in [1.82, 2.24) is 15.0 Å². The molecule has 3 heteroatoms. The molecule has 0 radical (unpaired) electrons. The lowest BCUT2D eigenvalue weighted by Gasteiger charge is -2.15. The maximum Gasteiger partial charge on any atom is 0.0922 e. The number of hydrogen-bond acceptors (Lipinski definition) is 2. The molecule has 0 saturated carbocycles. The van der Waals surface area contributed by atoms with E-state index in [-0.39, 0.29) is 6.04 Å². The van der Waals surface area contributed by atoms with Crippen LogP contribution >= 0.6 is 0 Å². The number of hydrogen-bond donors (Lipinski definition) is 0. The van der Waals surface area contributed by atoms with Crippen LogP contribution in [-0.4, -0.2) is 15.0 Å². The standard InChI is InChI=1S/C17H17N3/c1-13-17(16-11-7-4-8-12-16)20(19-18-13)14(2)15-9-5-3-6-10-15/h3-12,14H,1-2H3. The highest BCUT2D eigenvalue weighted by Gasteiger charge is 2.17. The van der Waals surface area contributed by atoms with E-state index in [9.17, 15) is 0 Å². The summed E-state index contributed by atoms with van der Waals surface area (Å²) >= 11 is 0. The van der Waals surface area contributed by atoms with Crippen LogP contribution < -0.4 is 0 Å². The molecular weight excluding hydrogens is 246 g/mol. The van der Waals surface area contributed by atoms with Crippen LogP contribution in [0.2, 0.25) is 0 Å². The zero-order valence-electron chi connectivity index (χ0n) is 11.7. The fourth-order valence-corrected chi connectivity index (χ4v) is 2.45. The van der Waals surface area contributed by atoms with Crippen LogP contribution in [0, 0.1) is 6.92 Å². The molecule has 0 saturated heterocycles. The monoisotopic (exact) mass is 263 g/mol. The van der Waals surface area contributed by atoms with Crippen molar-refractivity contribution in [2.45, 2.75) is 19.9 Å². The Morgan fingerprint density at radius 2 is 1.50 bits per heavy atom. The van der Waals surface area contributed by atoms with Gasteiger partial charge in [-0.3, -0.25) is 0 Å². The second-order valence-electron chi connectivity index (χ2n) is 4.92. The highest BCUT2D eigenvalue weighted by Crippen LogP contribution is 2.27. The summed E-state index contributed by atoms with van der Waals surface area (Å²) < 4.78 is 2.00. The van der Waals surface area contributed by atoms with Crippen LogP contribution in [-0.2, 0) is 0 Å². The zero-order chi connectivity index (χ0) is 13.9. The Balaban J connectivity index is 2.08. The van der Waals surface area contributed by atoms with Gasteiger partial charge >= 0.3 is 0 Å². The first kappa shape index (κ1) is 12.6. The van der Waals surface area contributed by atoms with Crippen molar-refractivity contribution in [1.29, 1.82) is 0 Å². The van der Waals surface area contributed by atoms with E-state index in [0.29, 0.717) is 0 Å². The summed E-state index contributed by atoms with van der Waals surface area (Å²) in [5.74, 6) is 0. The first-order valence-electron chi connectivity index (χ1n) is 6.79. The molecule has 0 aliphatic heterocycles. The number of aromatic nitrogens is 3. The Kier molecular flexibility index (Phi) is 3.33. The highest BCUT2D eigenvalue weighted by molar-refractivity contribution is 5.61. The summed E-state index contributed by atoms with van der Waals surface area (Å²) in [6.45, 7) is 4.15. The Bertz CT molecular complexity index is 687. The third-order valence-corrected chi connectivity index (χ3v) is 3.56. The smallest absolute Gasteiger partial charge is 0.0922 e. The molecular formula is C17H17N3. The average molecular weight is 263 g/mol. The van der Waals surface area contributed by atoms with Gasteiger partial charge in [0.1, 0.15) is 0 Å². The van der Waals surface area contributed by atoms with Gasteiger partial charge in [0.15, 0.2) is 0 Å². The molecule has 0 N–H and O–H groups in total. The second kappa shape index (κ2) is 5.29. The number of benzene rings is 2. The van der Waals surface area contributed by atoms with Gasteiger partial charge in [-0.05, 0) is 19.4 Å². The SMILES string of the molecule is Cc1nnn(C(C)c2ccccc2)c1-c1ccccc1. The molecule has 2 aromatic carbocycles. The molecule has 100 valence electrons. The molecule has 0 aliphatic carbocycles. The lowest BCUT2D eigenvalue weighted by molar-refractivity contribution is 0.548. The summed E-state index contributed by atoms with van der Waals surface area (Å²) in [6, 6.07) is 20.8. The minimum absolute atomic E-state index is 0.160. The molecule has 0 aliphatic rings. The Hall–Kier alpha value is -2.42. The van der Waals surface area contributed by atoms with Gasteiger partial charge in [0, 0.05) is 5.56 Å². The second-order valence-corrected chi connectivity index (χ2v) is 4.92. The van der Waals surface area contributed by atoms with E-state index in [4.69, 9.17) is 0 Å². The predicted molar refractivity (Wildman–Crippen MR) is 80.5 cm³/mol. The summed E-state index contributed by atoms with van der Waals surface area (Å²) in [5.41, 5.74) is 4.42. The van der Waals surface area contributed by atoms with Gasteiger partial charge in [0.05, 0.1) is 17.4 Å². The minimum atomic E-state index is 0.160. The molecule has 0 fully saturated rings. The summed E-state index contributed by atoms with van der Waals surface area (Å²) in [7, 11) is 0. The van der Waals surface area contributed by atoms with E-state index in [1.54, 1.807) is 0 Å². The molecule has 3 rings (SSSR count). The van der Waals surface area contributed by atoms with Crippen LogP contribution in [0.15, 0.2) is 60.7 Å². The average Bonchev–Trinajstić information content (AvgIpc) is 2.90. The van der Waals surface area contributed by atoms with Crippen LogP contribution in [0.5, 0.6) is 0 Å². The molecule has 1 aromatic heterocycles. The van der Waals surface area contributed by atoms with Crippen molar-refractivity contribution < 1.29 is 0 Å². The topological polar surface area (TPSA) is 30.7 Å². The normalized spacial score (nSPS) is 12.3. The molecule has 0 spiro atoms. The quantitative estimate of drug-likeness (QED) is 0.718. The van der Waals surface area contributed by atoms with Crippen LogP contribution in [0.3, 0.4) is 0 Å². The number of nitrogens with zero attached hydrogens (tertiary/aromatic N) is 3. The first-order chi connectivity index (χ1) is 9.77. The molecule has 1 heterocycles. The lowest BCUT2D eigenvalue weighted by atomic mass is 10.1. The Morgan fingerprint density at radius 3 is 2.15 bits per heavy atom. The van der Waals surface area contributed by atoms with E-state index < -0.39 is 0 Å². The van der Waals surface area contributed by atoms with E-state index >= 15 is 0 Å². The van der Waals surface area contributed by atoms with Crippen molar-refractivity contribution in [2.75, 3.05) is 0 Å². The van der Waals surface area contributed by atoms with E-state index in [1.165, 1.54) is 5.56 Å². The van der Waals surface area contributed by atoms with Crippen LogP contribution in [0.1, 0.15) is 24.2 Å². The maximum absolute atomic E-state index is 4.34. The number of rotatable bonds is 3. The van der Waals surface area contributed by atoms with E-state index in [2.05, 4.69) is 53.6 Å². The molecule has 0 amide bonds. The third kappa shape index (κ3) is 2.23. The third-order valence-electron chi connectivity index (χ3n) is 3.56. The van der Waals surface area contributed by atoms with Crippen molar-refractivity contribution in [2.24, 2.45) is 0 Å². The van der Waals surface area contributed by atoms with Gasteiger partial charge in [-0.15, -0.1) is 5.10 Å². The van der Waals surface area contributed by atoms with E-state index in [1.807, 2.05) is 35.9 Å². The maximum atomic E-state index is 4.34. The van der Waals surface area contributed by atoms with Crippen molar-refractivity contribution >= 4 is 0 Å². The van der Waals surface area contributed by atoms with Crippen molar-refractivity contribution in [3.05, 3.63) is 71.9 Å². The molecule has 1 atom stereocenters. The molecule has 3 aromatic rings. The van der Waals surface area contributed by atoms with Crippen molar-refractivity contribution in [3.8, 4) is 11.3 Å². The van der Waals surface area contributed by atoms with Gasteiger partial charge in [0.2, 0.25) is 0 Å². The fraction of sp³-hybridized carbons (Fsp3) is 0.176. The van der Waals surface area contributed by atoms with Crippen molar-refractivity contribution in [3.63, 3.8) is 0 Å². The fourth-order valence-electron chi connectivity index (χ4n) is 2.45. The minimum Gasteiger partial charge on any atom is -0.237 e. The number of aryl methyl sites for hydroxylation is 1. The van der Waals surface area contributed by atoms with E-state index in [0.717, 1.165) is 17.0 Å². The van der Waals surface area contributed by atoms with Crippen LogP contribution in [0.4, 0.5) is 0 Å². The molecule has 20 heavy (non-hydrogen) atoms. The van der Waals surface area contributed by atoms with Gasteiger partial charge in [-0.25, -0.2) is 4.68 Å². The summed E-state index contributed by atoms with van der Waals surface area (Å²) in [6.07, 6.45) is 0. The van der Waals surface area contributed by atoms with Gasteiger partial charge < -0.3 is 0 Å². The highest BCUT2D eigenvalue weighted by atomic mass is 15.4. The van der Waals surface area contributed by atoms with Gasteiger partial charge in [0.25, 0.3) is 0 Å². The first-order valence-corrected chi connectivity index (χ1v) is 6.79. The van der Waals surface area contributed by atoms with Gasteiger partial charge in [-0.1, -0.05) is 65.9 Å². The summed E-state index contributed by atoms with van der Waals surface area (Å²) in [4.78, 5) is 0. The zero-order valence-corrected chi connectivity index (χ0v) is 11.7. The van der Waals surface area contributed by atoms with Gasteiger partial charge in [-0.2, -0.15) is 0 Å². The lowest BCUT2D eigenvalue weighted by Crippen LogP contribution is -2.10. The summed E-state index contributed by atoms with van der Waals surface area (Å²) in [5, 5.41) is 8.59. The molecule has 0 bridgehead atoms. The molecule has 1 unspecified atom stereocenters.